The first-order chi connectivity index (χ1) is 14.1. The standard InChI is InChI=1S/C23H18N2O3S/c26-21(27)12-8-15-6-10-19(11-7-15)24-23-25-22(28)20(29-23)14-16-5-9-17-3-1-2-4-18(17)13-16/h1-7,9-11,13-14H,8,12H2,(H,26,27)(H,24,25,28)/b20-14+. The molecule has 1 aliphatic heterocycles. The van der Waals surface area contributed by atoms with Crippen LogP contribution >= 0.6 is 11.8 Å². The molecule has 3 aromatic carbocycles. The normalized spacial score (nSPS) is 16.5. The van der Waals surface area contributed by atoms with Gasteiger partial charge in [0.05, 0.1) is 10.6 Å². The fourth-order valence-electron chi connectivity index (χ4n) is 3.04. The van der Waals surface area contributed by atoms with Crippen molar-refractivity contribution < 1.29 is 14.7 Å². The van der Waals surface area contributed by atoms with Crippen molar-refractivity contribution in [2.75, 3.05) is 0 Å². The first-order valence-electron chi connectivity index (χ1n) is 9.16. The first kappa shape index (κ1) is 19.0. The number of aliphatic imine (C=N–C) groups is 1. The minimum absolute atomic E-state index is 0.0999. The molecule has 144 valence electrons. The molecular weight excluding hydrogens is 384 g/mol. The van der Waals surface area contributed by atoms with Gasteiger partial charge in [-0.1, -0.05) is 48.5 Å². The number of rotatable bonds is 5. The van der Waals surface area contributed by atoms with Gasteiger partial charge in [-0.25, -0.2) is 4.99 Å². The predicted molar refractivity (Wildman–Crippen MR) is 117 cm³/mol. The molecule has 0 spiro atoms. The first-order valence-corrected chi connectivity index (χ1v) is 9.98. The van der Waals surface area contributed by atoms with Crippen LogP contribution in [0.4, 0.5) is 5.69 Å². The number of benzene rings is 3. The van der Waals surface area contributed by atoms with E-state index in [0.29, 0.717) is 22.2 Å². The van der Waals surface area contributed by atoms with E-state index in [1.165, 1.54) is 11.8 Å². The van der Waals surface area contributed by atoms with Gasteiger partial charge in [-0.15, -0.1) is 0 Å². The Morgan fingerprint density at radius 2 is 1.79 bits per heavy atom. The third kappa shape index (κ3) is 4.73. The lowest BCUT2D eigenvalue weighted by molar-refractivity contribution is -0.137. The number of hydrogen-bond donors (Lipinski definition) is 2. The number of amidine groups is 1. The van der Waals surface area contributed by atoms with Crippen molar-refractivity contribution in [1.29, 1.82) is 0 Å². The third-order valence-electron chi connectivity index (χ3n) is 4.52. The van der Waals surface area contributed by atoms with E-state index in [9.17, 15) is 9.59 Å². The van der Waals surface area contributed by atoms with E-state index in [0.717, 1.165) is 21.9 Å². The number of aryl methyl sites for hydroxylation is 1. The number of carboxylic acids is 1. The van der Waals surface area contributed by atoms with Crippen molar-refractivity contribution in [1.82, 2.24) is 5.32 Å². The van der Waals surface area contributed by atoms with Crippen LogP contribution in [0.1, 0.15) is 17.5 Å². The van der Waals surface area contributed by atoms with E-state index in [1.54, 1.807) is 0 Å². The maximum Gasteiger partial charge on any atom is 0.303 e. The van der Waals surface area contributed by atoms with E-state index in [4.69, 9.17) is 5.11 Å². The van der Waals surface area contributed by atoms with Gasteiger partial charge in [0, 0.05) is 6.42 Å². The topological polar surface area (TPSA) is 78.8 Å². The van der Waals surface area contributed by atoms with Crippen molar-refractivity contribution >= 4 is 51.3 Å². The van der Waals surface area contributed by atoms with Crippen molar-refractivity contribution in [2.45, 2.75) is 12.8 Å². The maximum absolute atomic E-state index is 12.3. The Morgan fingerprint density at radius 1 is 1.03 bits per heavy atom. The molecule has 0 aliphatic carbocycles. The summed E-state index contributed by atoms with van der Waals surface area (Å²) in [4.78, 5) is 28.0. The quantitative estimate of drug-likeness (QED) is 0.604. The van der Waals surface area contributed by atoms with Gasteiger partial charge in [0.1, 0.15) is 0 Å². The summed E-state index contributed by atoms with van der Waals surface area (Å²) in [5.74, 6) is -0.981. The van der Waals surface area contributed by atoms with Crippen molar-refractivity contribution in [2.24, 2.45) is 4.99 Å². The van der Waals surface area contributed by atoms with Crippen LogP contribution in [0, 0.1) is 0 Å². The number of thioether (sulfide) groups is 1. The highest BCUT2D eigenvalue weighted by Crippen LogP contribution is 2.29. The molecule has 4 rings (SSSR count). The van der Waals surface area contributed by atoms with E-state index in [1.807, 2.05) is 60.7 Å². The Morgan fingerprint density at radius 3 is 2.55 bits per heavy atom. The minimum Gasteiger partial charge on any atom is -0.481 e. The molecular formula is C23H18N2O3S. The molecule has 1 heterocycles. The van der Waals surface area contributed by atoms with Gasteiger partial charge in [0.25, 0.3) is 5.91 Å². The summed E-state index contributed by atoms with van der Waals surface area (Å²) in [6, 6.07) is 21.5. The van der Waals surface area contributed by atoms with Gasteiger partial charge in [-0.3, -0.25) is 9.59 Å². The fourth-order valence-corrected chi connectivity index (χ4v) is 3.88. The van der Waals surface area contributed by atoms with Crippen LogP contribution in [-0.2, 0) is 16.0 Å². The molecule has 0 atom stereocenters. The molecule has 3 aromatic rings. The number of carbonyl (C=O) groups is 2. The third-order valence-corrected chi connectivity index (χ3v) is 5.43. The monoisotopic (exact) mass is 402 g/mol. The molecule has 1 amide bonds. The molecule has 1 saturated heterocycles. The zero-order valence-corrected chi connectivity index (χ0v) is 16.3. The molecule has 29 heavy (non-hydrogen) atoms. The lowest BCUT2D eigenvalue weighted by Crippen LogP contribution is -2.19. The van der Waals surface area contributed by atoms with Gasteiger partial charge < -0.3 is 10.4 Å². The predicted octanol–water partition coefficient (Wildman–Crippen LogP) is 4.75. The van der Waals surface area contributed by atoms with E-state index in [-0.39, 0.29) is 12.3 Å². The van der Waals surface area contributed by atoms with Crippen LogP contribution in [0.2, 0.25) is 0 Å². The average molecular weight is 402 g/mol. The van der Waals surface area contributed by atoms with E-state index < -0.39 is 5.97 Å². The molecule has 0 bridgehead atoms. The molecule has 5 nitrogen and oxygen atoms in total. The zero-order valence-electron chi connectivity index (χ0n) is 15.5. The number of hydrogen-bond acceptors (Lipinski definition) is 4. The number of nitrogens with one attached hydrogen (secondary N) is 1. The molecule has 1 aliphatic rings. The molecule has 6 heteroatoms. The molecule has 0 saturated carbocycles. The lowest BCUT2D eigenvalue weighted by Gasteiger charge is -2.00. The van der Waals surface area contributed by atoms with E-state index in [2.05, 4.69) is 22.4 Å². The Hall–Kier alpha value is -3.38. The van der Waals surface area contributed by atoms with Crippen LogP contribution in [0.5, 0.6) is 0 Å². The molecule has 0 radical (unpaired) electrons. The highest BCUT2D eigenvalue weighted by Gasteiger charge is 2.23. The van der Waals surface area contributed by atoms with Gasteiger partial charge in [-0.05, 0) is 64.4 Å². The second-order valence-electron chi connectivity index (χ2n) is 6.65. The lowest BCUT2D eigenvalue weighted by atomic mass is 10.1. The van der Waals surface area contributed by atoms with Crippen molar-refractivity contribution in [3.8, 4) is 0 Å². The SMILES string of the molecule is O=C(O)CCc1ccc(N=C2NC(=O)/C(=C\c3ccc4ccccc4c3)S2)cc1. The number of fused-ring (bicyclic) bond motifs is 1. The van der Waals surface area contributed by atoms with Crippen LogP contribution < -0.4 is 5.32 Å². The summed E-state index contributed by atoms with van der Waals surface area (Å²) in [6.07, 6.45) is 2.45. The summed E-state index contributed by atoms with van der Waals surface area (Å²) < 4.78 is 0. The average Bonchev–Trinajstić information content (AvgIpc) is 3.06. The van der Waals surface area contributed by atoms with Gasteiger partial charge in [-0.2, -0.15) is 0 Å². The molecule has 0 unspecified atom stereocenters. The zero-order chi connectivity index (χ0) is 20.2. The van der Waals surface area contributed by atoms with Gasteiger partial charge in [0.2, 0.25) is 0 Å². The number of nitrogens with zero attached hydrogens (tertiary/aromatic N) is 1. The smallest absolute Gasteiger partial charge is 0.303 e. The molecule has 0 aromatic heterocycles. The van der Waals surface area contributed by atoms with E-state index >= 15 is 0 Å². The number of carboxylic acid groups (broad SMARTS) is 1. The Kier molecular flexibility index (Phi) is 5.44. The highest BCUT2D eigenvalue weighted by atomic mass is 32.2. The summed E-state index contributed by atoms with van der Waals surface area (Å²) in [7, 11) is 0. The van der Waals surface area contributed by atoms with Crippen molar-refractivity contribution in [3.63, 3.8) is 0 Å². The van der Waals surface area contributed by atoms with Crippen LogP contribution in [0.3, 0.4) is 0 Å². The Bertz CT molecular complexity index is 1150. The fraction of sp³-hybridized carbons (Fsp3) is 0.0870. The number of aliphatic carboxylic acids is 1. The van der Waals surface area contributed by atoms with Crippen LogP contribution in [0.25, 0.3) is 16.8 Å². The van der Waals surface area contributed by atoms with Crippen LogP contribution in [0.15, 0.2) is 76.6 Å². The maximum atomic E-state index is 12.3. The Labute approximate surface area is 172 Å². The second kappa shape index (κ2) is 8.32. The van der Waals surface area contributed by atoms with Crippen LogP contribution in [-0.4, -0.2) is 22.2 Å². The molecule has 1 fully saturated rings. The summed E-state index contributed by atoms with van der Waals surface area (Å²) in [6.45, 7) is 0. The van der Waals surface area contributed by atoms with Gasteiger partial charge in [0.15, 0.2) is 5.17 Å². The number of carbonyl (C=O) groups excluding carboxylic acids is 1. The van der Waals surface area contributed by atoms with Gasteiger partial charge >= 0.3 is 5.97 Å². The highest BCUT2D eigenvalue weighted by molar-refractivity contribution is 8.18. The summed E-state index contributed by atoms with van der Waals surface area (Å²) in [5, 5.41) is 14.4. The van der Waals surface area contributed by atoms with Crippen molar-refractivity contribution in [3.05, 3.63) is 82.8 Å². The minimum atomic E-state index is -0.815. The molecule has 2 N–H and O–H groups in total. The Balaban J connectivity index is 1.49. The second-order valence-corrected chi connectivity index (χ2v) is 7.68. The summed E-state index contributed by atoms with van der Waals surface area (Å²) >= 11 is 1.30. The number of amides is 1. The summed E-state index contributed by atoms with van der Waals surface area (Å²) in [5.41, 5.74) is 2.61. The largest absolute Gasteiger partial charge is 0.481 e.